The highest BCUT2D eigenvalue weighted by molar-refractivity contribution is 6.00. The molecule has 1 saturated heterocycles. The first-order chi connectivity index (χ1) is 15.6. The van der Waals surface area contributed by atoms with Crippen molar-refractivity contribution in [1.29, 1.82) is 0 Å². The van der Waals surface area contributed by atoms with Crippen LogP contribution in [0.25, 0.3) is 0 Å². The fraction of sp³-hybridized carbons (Fsp3) is 0.571. The van der Waals surface area contributed by atoms with E-state index in [9.17, 15) is 32.3 Å². The molecule has 2 heterocycles. The molecule has 0 N–H and O–H groups in total. The van der Waals surface area contributed by atoms with E-state index < -0.39 is 59.6 Å². The van der Waals surface area contributed by atoms with Gasteiger partial charge in [0.05, 0.1) is 18.8 Å². The highest BCUT2D eigenvalue weighted by Gasteiger charge is 2.47. The van der Waals surface area contributed by atoms with Crippen molar-refractivity contribution in [2.45, 2.75) is 64.7 Å². The van der Waals surface area contributed by atoms with Crippen LogP contribution in [0.5, 0.6) is 0 Å². The number of alkyl halides is 3. The molecule has 3 atom stereocenters. The molecule has 188 valence electrons. The lowest BCUT2D eigenvalue weighted by Crippen LogP contribution is -2.56. The minimum absolute atomic E-state index is 0.114. The maximum Gasteiger partial charge on any atom is 0.431 e. The number of carbonyl (C=O) groups is 4. The van der Waals surface area contributed by atoms with Crippen molar-refractivity contribution in [1.82, 2.24) is 4.98 Å². The average molecular weight is 490 g/mol. The van der Waals surface area contributed by atoms with E-state index in [0.29, 0.717) is 0 Å². The fourth-order valence-electron chi connectivity index (χ4n) is 3.02. The Bertz CT molecular complexity index is 945. The summed E-state index contributed by atoms with van der Waals surface area (Å²) >= 11 is 0. The number of aromatic nitrogens is 1. The summed E-state index contributed by atoms with van der Waals surface area (Å²) in [5.74, 6) is -4.17. The Morgan fingerprint density at radius 1 is 1.12 bits per heavy atom. The molecule has 0 radical (unpaired) electrons. The number of hydrogen-bond acceptors (Lipinski definition) is 9. The smallest absolute Gasteiger partial charge is 0.431 e. The first-order valence-electron chi connectivity index (χ1n) is 10.1. The van der Waals surface area contributed by atoms with Gasteiger partial charge in [-0.1, -0.05) is 6.07 Å². The number of morpholine rings is 1. The molecular formula is C21H25F3N2O8. The van der Waals surface area contributed by atoms with Crippen LogP contribution in [0.15, 0.2) is 18.2 Å². The molecule has 1 aliphatic heterocycles. The van der Waals surface area contributed by atoms with Gasteiger partial charge in [0.25, 0.3) is 5.91 Å². The minimum atomic E-state index is -4.95. The maximum atomic E-state index is 13.4. The normalized spacial score (nSPS) is 18.6. The lowest BCUT2D eigenvalue weighted by atomic mass is 10.1. The molecular weight excluding hydrogens is 465 g/mol. The first kappa shape index (κ1) is 27.0. The predicted octanol–water partition coefficient (Wildman–Crippen LogP) is 2.25. The van der Waals surface area contributed by atoms with Gasteiger partial charge < -0.3 is 18.9 Å². The van der Waals surface area contributed by atoms with Crippen LogP contribution in [0.4, 0.5) is 19.0 Å². The number of halogens is 3. The van der Waals surface area contributed by atoms with E-state index in [-0.39, 0.29) is 19.0 Å². The number of anilines is 1. The molecule has 1 aromatic heterocycles. The minimum Gasteiger partial charge on any atom is -0.457 e. The van der Waals surface area contributed by atoms with Crippen molar-refractivity contribution < 1.29 is 51.3 Å². The Kier molecular flexibility index (Phi) is 8.24. The summed E-state index contributed by atoms with van der Waals surface area (Å²) in [6.45, 7) is 6.31. The van der Waals surface area contributed by atoms with Crippen molar-refractivity contribution >= 4 is 29.6 Å². The van der Waals surface area contributed by atoms with E-state index in [1.165, 1.54) is 12.1 Å². The van der Waals surface area contributed by atoms with Crippen molar-refractivity contribution in [3.05, 3.63) is 23.9 Å². The van der Waals surface area contributed by atoms with E-state index in [1.807, 2.05) is 0 Å². The molecule has 0 bridgehead atoms. The summed E-state index contributed by atoms with van der Waals surface area (Å²) in [4.78, 5) is 53.3. The predicted molar refractivity (Wildman–Crippen MR) is 108 cm³/mol. The molecule has 0 spiro atoms. The van der Waals surface area contributed by atoms with Gasteiger partial charge in [0.1, 0.15) is 11.4 Å². The van der Waals surface area contributed by atoms with E-state index in [1.54, 1.807) is 20.8 Å². The topological polar surface area (TPSA) is 121 Å². The average Bonchev–Trinajstić information content (AvgIpc) is 2.68. The Hall–Kier alpha value is -3.22. The lowest BCUT2D eigenvalue weighted by molar-refractivity contribution is -0.223. The molecule has 1 aliphatic rings. The third kappa shape index (κ3) is 7.14. The van der Waals surface area contributed by atoms with Gasteiger partial charge in [-0.3, -0.25) is 19.3 Å². The number of nitrogens with zero attached hydrogens (tertiary/aromatic N) is 2. The Labute approximate surface area is 193 Å². The van der Waals surface area contributed by atoms with E-state index in [4.69, 9.17) is 14.2 Å². The monoisotopic (exact) mass is 490 g/mol. The third-order valence-corrected chi connectivity index (χ3v) is 4.21. The first-order valence-corrected chi connectivity index (χ1v) is 10.1. The molecule has 2 rings (SSSR count). The molecule has 0 aromatic carbocycles. The molecule has 10 nitrogen and oxygen atoms in total. The molecule has 0 saturated carbocycles. The summed E-state index contributed by atoms with van der Waals surface area (Å²) in [5.41, 5.74) is -1.62. The third-order valence-electron chi connectivity index (χ3n) is 4.21. The van der Waals surface area contributed by atoms with Crippen LogP contribution >= 0.6 is 0 Å². The van der Waals surface area contributed by atoms with Crippen molar-refractivity contribution in [3.63, 3.8) is 0 Å². The molecule has 1 fully saturated rings. The van der Waals surface area contributed by atoms with Crippen LogP contribution in [0.2, 0.25) is 0 Å². The zero-order chi connectivity index (χ0) is 25.8. The van der Waals surface area contributed by atoms with E-state index in [0.717, 1.165) is 24.8 Å². The molecule has 13 heteroatoms. The Morgan fingerprint density at radius 3 is 2.26 bits per heavy atom. The van der Waals surface area contributed by atoms with Crippen LogP contribution in [0.3, 0.4) is 0 Å². The molecule has 2 unspecified atom stereocenters. The molecule has 1 amide bonds. The van der Waals surface area contributed by atoms with Crippen LogP contribution in [0.1, 0.15) is 46.4 Å². The second kappa shape index (κ2) is 10.4. The number of carbonyl (C=O) groups excluding carboxylic acids is 4. The van der Waals surface area contributed by atoms with E-state index >= 15 is 0 Å². The number of hydrogen-bond donors (Lipinski definition) is 0. The van der Waals surface area contributed by atoms with Crippen molar-refractivity contribution in [3.8, 4) is 0 Å². The number of rotatable bonds is 6. The van der Waals surface area contributed by atoms with Gasteiger partial charge in [-0.25, -0.2) is 9.78 Å². The SMILES string of the molecule is CC(=O)OC(C(=O)OC(C)(C)C)[C@H]1OCCN(c2cccc(C(OC(C)=O)C(F)(F)F)n2)C1=O. The summed E-state index contributed by atoms with van der Waals surface area (Å²) < 4.78 is 60.2. The highest BCUT2D eigenvalue weighted by Crippen LogP contribution is 2.36. The largest absolute Gasteiger partial charge is 0.457 e. The standard InChI is InChI=1S/C21H25F3N2O8/c1-11(27)32-16(19(30)34-20(3,4)5)15-18(29)26(9-10-31-15)14-8-6-7-13(25-14)17(21(22,23)24)33-12(2)28/h6-8,15-17H,9-10H2,1-5H3/t15-,16?,17?/m1/s1. The second-order valence-corrected chi connectivity index (χ2v) is 8.30. The van der Waals surface area contributed by atoms with Crippen LogP contribution in [0, 0.1) is 0 Å². The zero-order valence-electron chi connectivity index (χ0n) is 19.2. The van der Waals surface area contributed by atoms with Crippen molar-refractivity contribution in [2.24, 2.45) is 0 Å². The number of amides is 1. The number of pyridine rings is 1. The Morgan fingerprint density at radius 2 is 1.74 bits per heavy atom. The summed E-state index contributed by atoms with van der Waals surface area (Å²) in [6, 6.07) is 3.46. The van der Waals surface area contributed by atoms with Crippen LogP contribution in [-0.2, 0) is 38.1 Å². The van der Waals surface area contributed by atoms with Gasteiger partial charge in [0, 0.05) is 13.8 Å². The highest BCUT2D eigenvalue weighted by atomic mass is 19.4. The number of ether oxygens (including phenoxy) is 4. The molecule has 0 aliphatic carbocycles. The van der Waals surface area contributed by atoms with E-state index in [2.05, 4.69) is 9.72 Å². The number of esters is 3. The van der Waals surface area contributed by atoms with Crippen LogP contribution in [-0.4, -0.2) is 65.9 Å². The summed E-state index contributed by atoms with van der Waals surface area (Å²) in [7, 11) is 0. The fourth-order valence-corrected chi connectivity index (χ4v) is 3.02. The summed E-state index contributed by atoms with van der Waals surface area (Å²) in [5, 5.41) is 0. The quantitative estimate of drug-likeness (QED) is 0.437. The van der Waals surface area contributed by atoms with Crippen LogP contribution < -0.4 is 4.90 Å². The lowest BCUT2D eigenvalue weighted by Gasteiger charge is -2.35. The van der Waals surface area contributed by atoms with Gasteiger partial charge in [0.2, 0.25) is 12.2 Å². The summed E-state index contributed by atoms with van der Waals surface area (Å²) in [6.07, 6.45) is -11.0. The second-order valence-electron chi connectivity index (χ2n) is 8.30. The van der Waals surface area contributed by atoms with Gasteiger partial charge >= 0.3 is 24.1 Å². The zero-order valence-corrected chi connectivity index (χ0v) is 19.2. The van der Waals surface area contributed by atoms with Gasteiger partial charge in [-0.15, -0.1) is 0 Å². The van der Waals surface area contributed by atoms with Crippen molar-refractivity contribution in [2.75, 3.05) is 18.1 Å². The van der Waals surface area contributed by atoms with Gasteiger partial charge in [0.15, 0.2) is 6.10 Å². The Balaban J connectivity index is 2.38. The van der Waals surface area contributed by atoms with Gasteiger partial charge in [-0.2, -0.15) is 13.2 Å². The van der Waals surface area contributed by atoms with Gasteiger partial charge in [-0.05, 0) is 32.9 Å². The molecule has 34 heavy (non-hydrogen) atoms. The maximum absolute atomic E-state index is 13.4. The molecule has 1 aromatic rings.